The molecule has 2 unspecified atom stereocenters. The average Bonchev–Trinajstić information content (AvgIpc) is 2.96. The molecule has 5 nitrogen and oxygen atoms in total. The molecule has 1 aliphatic rings. The van der Waals surface area contributed by atoms with Crippen molar-refractivity contribution in [3.05, 3.63) is 18.0 Å². The maximum atomic E-state index is 11.6. The van der Waals surface area contributed by atoms with Crippen molar-refractivity contribution in [1.29, 1.82) is 0 Å². The molecule has 0 spiro atoms. The third-order valence-electron chi connectivity index (χ3n) is 4.32. The topological polar surface area (TPSA) is 58.4 Å². The van der Waals surface area contributed by atoms with Crippen LogP contribution >= 0.6 is 0 Å². The van der Waals surface area contributed by atoms with Crippen LogP contribution in [0.2, 0.25) is 0 Å². The monoisotopic (exact) mass is 265 g/mol. The van der Waals surface area contributed by atoms with Gasteiger partial charge in [-0.1, -0.05) is 13.3 Å². The Morgan fingerprint density at radius 1 is 1.63 bits per heavy atom. The summed E-state index contributed by atoms with van der Waals surface area (Å²) in [7, 11) is 1.90. The van der Waals surface area contributed by atoms with E-state index in [2.05, 4.69) is 23.8 Å². The fraction of sp³-hybridized carbons (Fsp3) is 0.714. The van der Waals surface area contributed by atoms with Gasteiger partial charge in [0.25, 0.3) is 0 Å². The highest BCUT2D eigenvalue weighted by Gasteiger charge is 2.45. The summed E-state index contributed by atoms with van der Waals surface area (Å²) in [6.07, 6.45) is 6.30. The molecule has 0 bridgehead atoms. The molecule has 1 aromatic rings. The van der Waals surface area contributed by atoms with Crippen LogP contribution in [0, 0.1) is 5.41 Å². The van der Waals surface area contributed by atoms with Crippen LogP contribution in [-0.4, -0.2) is 38.8 Å². The third kappa shape index (κ3) is 2.66. The van der Waals surface area contributed by atoms with Crippen LogP contribution in [0.1, 0.15) is 44.7 Å². The van der Waals surface area contributed by atoms with Crippen LogP contribution in [0.3, 0.4) is 0 Å². The second kappa shape index (κ2) is 5.33. The molecule has 1 fully saturated rings. The second-order valence-corrected chi connectivity index (χ2v) is 5.68. The molecule has 5 heteroatoms. The molecule has 19 heavy (non-hydrogen) atoms. The lowest BCUT2D eigenvalue weighted by molar-refractivity contribution is -0.148. The number of hydrogen-bond acceptors (Lipinski definition) is 3. The second-order valence-electron chi connectivity index (χ2n) is 5.68. The van der Waals surface area contributed by atoms with Gasteiger partial charge in [0.15, 0.2) is 0 Å². The maximum absolute atomic E-state index is 11.6. The van der Waals surface area contributed by atoms with Crippen LogP contribution in [-0.2, 0) is 11.8 Å². The Hall–Kier alpha value is -1.36. The molecule has 0 amide bonds. The Kier molecular flexibility index (Phi) is 3.94. The lowest BCUT2D eigenvalue weighted by Gasteiger charge is -2.27. The number of aliphatic carboxylic acids is 1. The molecule has 1 N–H and O–H groups in total. The molecule has 1 aliphatic heterocycles. The van der Waals surface area contributed by atoms with E-state index in [1.54, 1.807) is 4.68 Å². The molecule has 0 aromatic carbocycles. The highest BCUT2D eigenvalue weighted by molar-refractivity contribution is 5.75. The van der Waals surface area contributed by atoms with E-state index >= 15 is 0 Å². The van der Waals surface area contributed by atoms with E-state index in [-0.39, 0.29) is 6.04 Å². The van der Waals surface area contributed by atoms with E-state index in [9.17, 15) is 9.90 Å². The zero-order valence-electron chi connectivity index (χ0n) is 12.0. The first-order valence-electron chi connectivity index (χ1n) is 6.94. The predicted molar refractivity (Wildman–Crippen MR) is 72.8 cm³/mol. The van der Waals surface area contributed by atoms with Crippen LogP contribution < -0.4 is 0 Å². The molecular formula is C14H23N3O2. The number of aromatic nitrogens is 2. The highest BCUT2D eigenvalue weighted by atomic mass is 16.4. The maximum Gasteiger partial charge on any atom is 0.310 e. The predicted octanol–water partition coefficient (Wildman–Crippen LogP) is 2.06. The number of carboxylic acids is 1. The molecule has 0 radical (unpaired) electrons. The van der Waals surface area contributed by atoms with E-state index in [0.717, 1.165) is 31.4 Å². The minimum absolute atomic E-state index is 0.229. The van der Waals surface area contributed by atoms with E-state index < -0.39 is 11.4 Å². The summed E-state index contributed by atoms with van der Waals surface area (Å²) in [4.78, 5) is 13.8. The van der Waals surface area contributed by atoms with Crippen LogP contribution in [0.5, 0.6) is 0 Å². The largest absolute Gasteiger partial charge is 0.481 e. The van der Waals surface area contributed by atoms with Crippen molar-refractivity contribution in [3.8, 4) is 0 Å². The van der Waals surface area contributed by atoms with Crippen molar-refractivity contribution in [1.82, 2.24) is 14.7 Å². The van der Waals surface area contributed by atoms with Gasteiger partial charge in [-0.25, -0.2) is 0 Å². The summed E-state index contributed by atoms with van der Waals surface area (Å²) in [6, 6.07) is 0.229. The number of carboxylic acid groups (broad SMARTS) is 1. The number of hydrogen-bond donors (Lipinski definition) is 1. The third-order valence-corrected chi connectivity index (χ3v) is 4.32. The van der Waals surface area contributed by atoms with Gasteiger partial charge in [-0.15, -0.1) is 0 Å². The molecule has 1 saturated heterocycles. The fourth-order valence-electron chi connectivity index (χ4n) is 3.07. The van der Waals surface area contributed by atoms with Gasteiger partial charge >= 0.3 is 5.97 Å². The van der Waals surface area contributed by atoms with E-state index in [0.29, 0.717) is 6.54 Å². The number of carbonyl (C=O) groups is 1. The highest BCUT2D eigenvalue weighted by Crippen LogP contribution is 2.39. The quantitative estimate of drug-likeness (QED) is 0.885. The van der Waals surface area contributed by atoms with Gasteiger partial charge in [-0.2, -0.15) is 5.10 Å². The van der Waals surface area contributed by atoms with Crippen molar-refractivity contribution in [2.24, 2.45) is 12.5 Å². The van der Waals surface area contributed by atoms with Crippen LogP contribution in [0.25, 0.3) is 0 Å². The Labute approximate surface area is 114 Å². The Bertz CT molecular complexity index is 457. The summed E-state index contributed by atoms with van der Waals surface area (Å²) in [5.74, 6) is -0.643. The summed E-state index contributed by atoms with van der Waals surface area (Å²) in [5, 5.41) is 13.7. The number of aryl methyl sites for hydroxylation is 1. The summed E-state index contributed by atoms with van der Waals surface area (Å²) in [5.41, 5.74) is 0.603. The standard InChI is InChI=1S/C14H23N3O2/c1-4-5-14(13(18)19)6-7-17(10-14)11(2)12-8-15-16(3)9-12/h8-9,11H,4-7,10H2,1-3H3,(H,18,19). The van der Waals surface area contributed by atoms with Gasteiger partial charge in [0.2, 0.25) is 0 Å². The summed E-state index contributed by atoms with van der Waals surface area (Å²) in [6.45, 7) is 5.67. The van der Waals surface area contributed by atoms with Gasteiger partial charge in [0.1, 0.15) is 0 Å². The minimum atomic E-state index is -0.643. The molecule has 0 saturated carbocycles. The van der Waals surface area contributed by atoms with Gasteiger partial charge in [-0.05, 0) is 26.3 Å². The van der Waals surface area contributed by atoms with Crippen molar-refractivity contribution >= 4 is 5.97 Å². The Morgan fingerprint density at radius 3 is 2.89 bits per heavy atom. The van der Waals surface area contributed by atoms with E-state index in [1.807, 2.05) is 19.4 Å². The van der Waals surface area contributed by atoms with Crippen molar-refractivity contribution < 1.29 is 9.90 Å². The Balaban J connectivity index is 2.10. The minimum Gasteiger partial charge on any atom is -0.481 e. The van der Waals surface area contributed by atoms with Crippen molar-refractivity contribution in [3.63, 3.8) is 0 Å². The smallest absolute Gasteiger partial charge is 0.310 e. The van der Waals surface area contributed by atoms with Crippen LogP contribution in [0.4, 0.5) is 0 Å². The zero-order chi connectivity index (χ0) is 14.0. The first-order valence-corrected chi connectivity index (χ1v) is 6.94. The molecular weight excluding hydrogens is 242 g/mol. The molecule has 0 aliphatic carbocycles. The molecule has 1 aromatic heterocycles. The lowest BCUT2D eigenvalue weighted by Crippen LogP contribution is -2.35. The fourth-order valence-corrected chi connectivity index (χ4v) is 3.07. The van der Waals surface area contributed by atoms with Gasteiger partial charge in [0, 0.05) is 31.4 Å². The van der Waals surface area contributed by atoms with Gasteiger partial charge in [-0.3, -0.25) is 14.4 Å². The van der Waals surface area contributed by atoms with Gasteiger partial charge < -0.3 is 5.11 Å². The van der Waals surface area contributed by atoms with Gasteiger partial charge in [0.05, 0.1) is 11.6 Å². The van der Waals surface area contributed by atoms with Crippen molar-refractivity contribution in [2.75, 3.05) is 13.1 Å². The average molecular weight is 265 g/mol. The normalized spacial score (nSPS) is 25.6. The number of likely N-dealkylation sites (tertiary alicyclic amines) is 1. The van der Waals surface area contributed by atoms with E-state index in [4.69, 9.17) is 0 Å². The SMILES string of the molecule is CCCC1(C(=O)O)CCN(C(C)c2cnn(C)c2)C1. The zero-order valence-corrected chi connectivity index (χ0v) is 12.0. The van der Waals surface area contributed by atoms with Crippen LogP contribution in [0.15, 0.2) is 12.4 Å². The van der Waals surface area contributed by atoms with Crippen molar-refractivity contribution in [2.45, 2.75) is 39.2 Å². The van der Waals surface area contributed by atoms with E-state index in [1.165, 1.54) is 0 Å². The first kappa shape index (κ1) is 14.1. The number of rotatable bonds is 5. The summed E-state index contributed by atoms with van der Waals surface area (Å²) >= 11 is 0. The molecule has 2 heterocycles. The number of nitrogens with zero attached hydrogens (tertiary/aromatic N) is 3. The first-order chi connectivity index (χ1) is 8.98. The molecule has 2 atom stereocenters. The molecule has 2 rings (SSSR count). The molecule has 106 valence electrons. The Morgan fingerprint density at radius 2 is 2.37 bits per heavy atom. The lowest BCUT2D eigenvalue weighted by atomic mass is 9.82. The summed E-state index contributed by atoms with van der Waals surface area (Å²) < 4.78 is 1.79.